The minimum absolute atomic E-state index is 0.412. The van der Waals surface area contributed by atoms with Gasteiger partial charge in [0.15, 0.2) is 0 Å². The third-order valence-electron chi connectivity index (χ3n) is 3.50. The van der Waals surface area contributed by atoms with Gasteiger partial charge in [0.05, 0.1) is 0 Å². The maximum atomic E-state index is 3.58. The number of hydrogen-bond acceptors (Lipinski definition) is 2. The van der Waals surface area contributed by atoms with Gasteiger partial charge in [-0.25, -0.2) is 0 Å². The van der Waals surface area contributed by atoms with Gasteiger partial charge in [0.2, 0.25) is 0 Å². The Labute approximate surface area is 108 Å². The van der Waals surface area contributed by atoms with E-state index in [0.29, 0.717) is 6.04 Å². The number of nitrogens with one attached hydrogen (secondary N) is 2. The van der Waals surface area contributed by atoms with E-state index in [0.717, 1.165) is 19.5 Å². The lowest BCUT2D eigenvalue weighted by Crippen LogP contribution is -2.34. The Morgan fingerprint density at radius 2 is 1.78 bits per heavy atom. The van der Waals surface area contributed by atoms with Gasteiger partial charge in [0, 0.05) is 18.3 Å². The van der Waals surface area contributed by atoms with E-state index in [-0.39, 0.29) is 0 Å². The Bertz CT molecular complexity index is 508. The smallest absolute Gasteiger partial charge is 0.0498 e. The third-order valence-corrected chi connectivity index (χ3v) is 3.50. The summed E-state index contributed by atoms with van der Waals surface area (Å²) in [4.78, 5) is 0. The van der Waals surface area contributed by atoms with Crippen LogP contribution in [0.15, 0.2) is 54.6 Å². The quantitative estimate of drug-likeness (QED) is 0.859. The summed E-state index contributed by atoms with van der Waals surface area (Å²) in [6.07, 6.45) is 1.14. The van der Waals surface area contributed by atoms with Crippen LogP contribution in [0.4, 0.5) is 5.69 Å². The molecular weight excluding hydrogens is 220 g/mol. The van der Waals surface area contributed by atoms with Gasteiger partial charge in [-0.15, -0.1) is 0 Å². The molecule has 0 aliphatic carbocycles. The van der Waals surface area contributed by atoms with Crippen LogP contribution in [0.5, 0.6) is 0 Å². The van der Waals surface area contributed by atoms with E-state index in [1.165, 1.54) is 16.8 Å². The van der Waals surface area contributed by atoms with Crippen LogP contribution in [-0.2, 0) is 6.42 Å². The van der Waals surface area contributed by atoms with Gasteiger partial charge >= 0.3 is 0 Å². The van der Waals surface area contributed by atoms with Crippen molar-refractivity contribution in [2.75, 3.05) is 18.4 Å². The largest absolute Gasteiger partial charge is 0.383 e. The predicted octanol–water partition coefficient (Wildman–Crippen LogP) is 2.99. The fourth-order valence-corrected chi connectivity index (χ4v) is 2.55. The molecule has 1 heterocycles. The van der Waals surface area contributed by atoms with Gasteiger partial charge < -0.3 is 10.6 Å². The van der Waals surface area contributed by atoms with Crippen LogP contribution in [0.25, 0.3) is 0 Å². The monoisotopic (exact) mass is 238 g/mol. The minimum atomic E-state index is 0.412. The molecule has 0 fully saturated rings. The second kappa shape index (κ2) is 5.23. The first kappa shape index (κ1) is 11.3. The van der Waals surface area contributed by atoms with E-state index in [2.05, 4.69) is 59.2 Å². The average Bonchev–Trinajstić information content (AvgIpc) is 2.46. The molecule has 0 saturated carbocycles. The van der Waals surface area contributed by atoms with Crippen LogP contribution in [-0.4, -0.2) is 13.1 Å². The molecule has 1 atom stereocenters. The molecule has 1 aliphatic heterocycles. The first-order valence-corrected chi connectivity index (χ1v) is 6.53. The van der Waals surface area contributed by atoms with Gasteiger partial charge in [-0.2, -0.15) is 0 Å². The van der Waals surface area contributed by atoms with Crippen LogP contribution < -0.4 is 10.6 Å². The van der Waals surface area contributed by atoms with Gasteiger partial charge in [0.25, 0.3) is 0 Å². The van der Waals surface area contributed by atoms with E-state index >= 15 is 0 Å². The molecule has 2 nitrogen and oxygen atoms in total. The Morgan fingerprint density at radius 3 is 2.67 bits per heavy atom. The molecule has 2 N–H and O–H groups in total. The van der Waals surface area contributed by atoms with E-state index in [9.17, 15) is 0 Å². The number of anilines is 1. The molecule has 0 spiro atoms. The molecule has 0 bridgehead atoms. The molecule has 0 unspecified atom stereocenters. The summed E-state index contributed by atoms with van der Waals surface area (Å²) < 4.78 is 0. The number of fused-ring (bicyclic) bond motifs is 1. The molecule has 2 aromatic carbocycles. The zero-order chi connectivity index (χ0) is 12.2. The maximum absolute atomic E-state index is 3.58. The van der Waals surface area contributed by atoms with E-state index in [1.807, 2.05) is 6.07 Å². The lowest BCUT2D eigenvalue weighted by Gasteiger charge is -2.27. The van der Waals surface area contributed by atoms with Crippen LogP contribution >= 0.6 is 0 Å². The lowest BCUT2D eigenvalue weighted by molar-refractivity contribution is 0.523. The number of benzene rings is 2. The SMILES string of the molecule is c1ccc(NC[C@H]2NCCc3ccccc32)cc1. The van der Waals surface area contributed by atoms with E-state index < -0.39 is 0 Å². The Balaban J connectivity index is 1.71. The highest BCUT2D eigenvalue weighted by atomic mass is 15.0. The van der Waals surface area contributed by atoms with Crippen molar-refractivity contribution in [3.63, 3.8) is 0 Å². The second-order valence-corrected chi connectivity index (χ2v) is 4.70. The van der Waals surface area contributed by atoms with Gasteiger partial charge in [-0.3, -0.25) is 0 Å². The van der Waals surface area contributed by atoms with Crippen LogP contribution in [0.3, 0.4) is 0 Å². The summed E-state index contributed by atoms with van der Waals surface area (Å²) in [5.74, 6) is 0. The Kier molecular flexibility index (Phi) is 3.29. The normalized spacial score (nSPS) is 18.1. The van der Waals surface area contributed by atoms with Crippen molar-refractivity contribution in [1.82, 2.24) is 5.32 Å². The van der Waals surface area contributed by atoms with E-state index in [1.54, 1.807) is 0 Å². The van der Waals surface area contributed by atoms with Crippen molar-refractivity contribution in [2.45, 2.75) is 12.5 Å². The summed E-state index contributed by atoms with van der Waals surface area (Å²) in [6, 6.07) is 19.5. The highest BCUT2D eigenvalue weighted by Crippen LogP contribution is 2.22. The number of rotatable bonds is 3. The summed E-state index contributed by atoms with van der Waals surface area (Å²) in [5, 5.41) is 7.08. The average molecular weight is 238 g/mol. The van der Waals surface area contributed by atoms with Crippen LogP contribution in [0.1, 0.15) is 17.2 Å². The fraction of sp³-hybridized carbons (Fsp3) is 0.250. The summed E-state index contributed by atoms with van der Waals surface area (Å²) in [7, 11) is 0. The molecule has 3 rings (SSSR count). The fourth-order valence-electron chi connectivity index (χ4n) is 2.55. The van der Waals surface area contributed by atoms with Crippen molar-refractivity contribution in [1.29, 1.82) is 0 Å². The molecule has 92 valence electrons. The van der Waals surface area contributed by atoms with Crippen molar-refractivity contribution < 1.29 is 0 Å². The van der Waals surface area contributed by atoms with Crippen molar-refractivity contribution in [3.8, 4) is 0 Å². The zero-order valence-corrected chi connectivity index (χ0v) is 10.4. The highest BCUT2D eigenvalue weighted by Gasteiger charge is 2.18. The van der Waals surface area contributed by atoms with E-state index in [4.69, 9.17) is 0 Å². The molecule has 18 heavy (non-hydrogen) atoms. The van der Waals surface area contributed by atoms with Gasteiger partial charge in [-0.05, 0) is 36.2 Å². The highest BCUT2D eigenvalue weighted by molar-refractivity contribution is 5.43. The molecule has 2 aromatic rings. The van der Waals surface area contributed by atoms with Crippen molar-refractivity contribution in [2.24, 2.45) is 0 Å². The third kappa shape index (κ3) is 2.39. The van der Waals surface area contributed by atoms with Crippen molar-refractivity contribution in [3.05, 3.63) is 65.7 Å². The predicted molar refractivity (Wildman–Crippen MR) is 75.8 cm³/mol. The topological polar surface area (TPSA) is 24.1 Å². The Hall–Kier alpha value is -1.80. The molecule has 0 amide bonds. The first-order valence-electron chi connectivity index (χ1n) is 6.53. The zero-order valence-electron chi connectivity index (χ0n) is 10.4. The summed E-state index contributed by atoms with van der Waals surface area (Å²) in [6.45, 7) is 2.00. The van der Waals surface area contributed by atoms with Crippen LogP contribution in [0, 0.1) is 0 Å². The lowest BCUT2D eigenvalue weighted by atomic mass is 9.94. The molecule has 0 aromatic heterocycles. The van der Waals surface area contributed by atoms with Gasteiger partial charge in [-0.1, -0.05) is 42.5 Å². The van der Waals surface area contributed by atoms with Gasteiger partial charge in [0.1, 0.15) is 0 Å². The standard InChI is InChI=1S/C16H18N2/c1-2-7-14(8-3-1)18-12-16-15-9-5-4-6-13(15)10-11-17-16/h1-9,16-18H,10-12H2/t16-/m1/s1. The molecular formula is C16H18N2. The summed E-state index contributed by atoms with van der Waals surface area (Å²) >= 11 is 0. The Morgan fingerprint density at radius 1 is 1.00 bits per heavy atom. The second-order valence-electron chi connectivity index (χ2n) is 4.70. The minimum Gasteiger partial charge on any atom is -0.383 e. The summed E-state index contributed by atoms with van der Waals surface area (Å²) in [5.41, 5.74) is 4.10. The van der Waals surface area contributed by atoms with Crippen molar-refractivity contribution >= 4 is 5.69 Å². The molecule has 0 radical (unpaired) electrons. The van der Waals surface area contributed by atoms with Crippen LogP contribution in [0.2, 0.25) is 0 Å². The molecule has 0 saturated heterocycles. The number of hydrogen-bond donors (Lipinski definition) is 2. The molecule has 1 aliphatic rings. The maximum Gasteiger partial charge on any atom is 0.0498 e. The molecule has 2 heteroatoms. The number of para-hydroxylation sites is 1. The first-order chi connectivity index (χ1) is 8.93.